The van der Waals surface area contributed by atoms with E-state index in [1.165, 1.54) is 18.2 Å². The topological polar surface area (TPSA) is 42.0 Å². The van der Waals surface area contributed by atoms with Gasteiger partial charge in [0.1, 0.15) is 5.82 Å². The highest BCUT2D eigenvalue weighted by Gasteiger charge is 1.99. The van der Waals surface area contributed by atoms with Crippen LogP contribution in [0.2, 0.25) is 0 Å². The van der Waals surface area contributed by atoms with E-state index in [1.807, 2.05) is 6.07 Å². The van der Waals surface area contributed by atoms with Crippen LogP contribution in [0, 0.1) is 5.82 Å². The summed E-state index contributed by atoms with van der Waals surface area (Å²) in [4.78, 5) is 15.5. The molecule has 1 heterocycles. The van der Waals surface area contributed by atoms with Gasteiger partial charge < -0.3 is 5.32 Å². The van der Waals surface area contributed by atoms with Gasteiger partial charge in [0.2, 0.25) is 5.91 Å². The maximum absolute atomic E-state index is 13.3. The molecule has 0 radical (unpaired) electrons. The molecule has 2 aromatic rings. The third-order valence-electron chi connectivity index (χ3n) is 2.51. The number of carbonyl (C=O) groups excluding carboxylic acids is 1. The lowest BCUT2D eigenvalue weighted by atomic mass is 10.2. The second-order valence-electron chi connectivity index (χ2n) is 3.93. The van der Waals surface area contributed by atoms with Gasteiger partial charge in [-0.1, -0.05) is 24.3 Å². The molecule has 0 unspecified atom stereocenters. The number of carbonyl (C=O) groups is 1. The van der Waals surface area contributed by atoms with E-state index < -0.39 is 0 Å². The summed E-state index contributed by atoms with van der Waals surface area (Å²) in [5, 5.41) is 2.70. The molecule has 4 heteroatoms. The average molecular weight is 256 g/mol. The largest absolute Gasteiger partial charge is 0.348 e. The first-order chi connectivity index (χ1) is 9.25. The van der Waals surface area contributed by atoms with E-state index in [0.717, 1.165) is 5.56 Å². The lowest BCUT2D eigenvalue weighted by Gasteiger charge is -2.01. The number of rotatable bonds is 4. The Morgan fingerprint density at radius 3 is 2.84 bits per heavy atom. The van der Waals surface area contributed by atoms with Crippen LogP contribution in [0.25, 0.3) is 6.08 Å². The van der Waals surface area contributed by atoms with Crippen LogP contribution in [0.4, 0.5) is 4.39 Å². The Balaban J connectivity index is 1.90. The number of pyridine rings is 1. The van der Waals surface area contributed by atoms with Crippen LogP contribution >= 0.6 is 0 Å². The minimum atomic E-state index is -0.348. The number of hydrogen-bond donors (Lipinski definition) is 1. The Hall–Kier alpha value is -2.49. The number of nitrogens with zero attached hydrogens (tertiary/aromatic N) is 1. The van der Waals surface area contributed by atoms with Crippen molar-refractivity contribution < 1.29 is 9.18 Å². The zero-order valence-corrected chi connectivity index (χ0v) is 10.2. The molecule has 2 rings (SSSR count). The van der Waals surface area contributed by atoms with E-state index in [-0.39, 0.29) is 11.7 Å². The van der Waals surface area contributed by atoms with Crippen molar-refractivity contribution in [3.63, 3.8) is 0 Å². The summed E-state index contributed by atoms with van der Waals surface area (Å²) >= 11 is 0. The van der Waals surface area contributed by atoms with Crippen LogP contribution in [0.5, 0.6) is 0 Å². The Morgan fingerprint density at radius 1 is 1.26 bits per heavy atom. The van der Waals surface area contributed by atoms with Crippen molar-refractivity contribution in [3.05, 3.63) is 71.8 Å². The van der Waals surface area contributed by atoms with Gasteiger partial charge in [0.25, 0.3) is 0 Å². The molecule has 0 spiro atoms. The van der Waals surface area contributed by atoms with Gasteiger partial charge in [0.05, 0.1) is 0 Å². The van der Waals surface area contributed by atoms with Crippen LogP contribution in [-0.4, -0.2) is 10.9 Å². The SMILES string of the molecule is O=C(C=Cc1ccccc1F)NCc1cccnc1. The van der Waals surface area contributed by atoms with Crippen molar-refractivity contribution in [2.45, 2.75) is 6.54 Å². The molecule has 0 atom stereocenters. The molecule has 19 heavy (non-hydrogen) atoms. The normalized spacial score (nSPS) is 10.6. The first-order valence-corrected chi connectivity index (χ1v) is 5.85. The predicted molar refractivity (Wildman–Crippen MR) is 71.5 cm³/mol. The van der Waals surface area contributed by atoms with E-state index in [9.17, 15) is 9.18 Å². The summed E-state index contributed by atoms with van der Waals surface area (Å²) in [5.41, 5.74) is 1.30. The molecular weight excluding hydrogens is 243 g/mol. The summed E-state index contributed by atoms with van der Waals surface area (Å²) in [6.45, 7) is 0.397. The number of amides is 1. The molecule has 96 valence electrons. The second-order valence-corrected chi connectivity index (χ2v) is 3.93. The molecule has 0 saturated heterocycles. The standard InChI is InChI=1S/C15H13FN2O/c16-14-6-2-1-5-13(14)7-8-15(19)18-11-12-4-3-9-17-10-12/h1-10H,11H2,(H,18,19). The van der Waals surface area contributed by atoms with Gasteiger partial charge in [0.15, 0.2) is 0 Å². The van der Waals surface area contributed by atoms with Gasteiger partial charge >= 0.3 is 0 Å². The van der Waals surface area contributed by atoms with Gasteiger partial charge in [-0.25, -0.2) is 4.39 Å². The zero-order chi connectivity index (χ0) is 13.5. The van der Waals surface area contributed by atoms with Gasteiger partial charge in [-0.15, -0.1) is 0 Å². The van der Waals surface area contributed by atoms with E-state index in [1.54, 1.807) is 36.7 Å². The summed E-state index contributed by atoms with van der Waals surface area (Å²) in [5.74, 6) is -0.620. The lowest BCUT2D eigenvalue weighted by Crippen LogP contribution is -2.20. The Morgan fingerprint density at radius 2 is 2.11 bits per heavy atom. The van der Waals surface area contributed by atoms with E-state index in [4.69, 9.17) is 0 Å². The van der Waals surface area contributed by atoms with Crippen molar-refractivity contribution in [1.82, 2.24) is 10.3 Å². The molecule has 1 aromatic carbocycles. The molecule has 0 aliphatic carbocycles. The van der Waals surface area contributed by atoms with Gasteiger partial charge in [0, 0.05) is 30.6 Å². The van der Waals surface area contributed by atoms with Gasteiger partial charge in [-0.2, -0.15) is 0 Å². The van der Waals surface area contributed by atoms with Crippen molar-refractivity contribution in [2.75, 3.05) is 0 Å². The maximum atomic E-state index is 13.3. The van der Waals surface area contributed by atoms with Crippen LogP contribution < -0.4 is 5.32 Å². The Kier molecular flexibility index (Phi) is 4.39. The second kappa shape index (κ2) is 6.44. The van der Waals surface area contributed by atoms with E-state index >= 15 is 0 Å². The summed E-state index contributed by atoms with van der Waals surface area (Å²) < 4.78 is 13.3. The highest BCUT2D eigenvalue weighted by molar-refractivity contribution is 5.91. The van der Waals surface area contributed by atoms with E-state index in [2.05, 4.69) is 10.3 Å². The predicted octanol–water partition coefficient (Wildman–Crippen LogP) is 2.55. The maximum Gasteiger partial charge on any atom is 0.244 e. The minimum Gasteiger partial charge on any atom is -0.348 e. The Bertz CT molecular complexity index is 582. The molecule has 1 aromatic heterocycles. The monoisotopic (exact) mass is 256 g/mol. The third kappa shape index (κ3) is 4.03. The van der Waals surface area contributed by atoms with Crippen molar-refractivity contribution >= 4 is 12.0 Å². The van der Waals surface area contributed by atoms with E-state index in [0.29, 0.717) is 12.1 Å². The van der Waals surface area contributed by atoms with Gasteiger partial charge in [-0.3, -0.25) is 9.78 Å². The van der Waals surface area contributed by atoms with Crippen molar-refractivity contribution in [2.24, 2.45) is 0 Å². The number of hydrogen-bond acceptors (Lipinski definition) is 2. The molecule has 0 aliphatic heterocycles. The first kappa shape index (κ1) is 13.0. The average Bonchev–Trinajstić information content (AvgIpc) is 2.45. The molecule has 0 bridgehead atoms. The minimum absolute atomic E-state index is 0.271. The van der Waals surface area contributed by atoms with Crippen LogP contribution in [-0.2, 0) is 11.3 Å². The smallest absolute Gasteiger partial charge is 0.244 e. The molecule has 1 amide bonds. The fourth-order valence-electron chi connectivity index (χ4n) is 1.53. The number of aromatic nitrogens is 1. The number of halogens is 1. The highest BCUT2D eigenvalue weighted by Crippen LogP contribution is 2.07. The van der Waals surface area contributed by atoms with Crippen molar-refractivity contribution in [3.8, 4) is 0 Å². The summed E-state index contributed by atoms with van der Waals surface area (Å²) in [7, 11) is 0. The highest BCUT2D eigenvalue weighted by atomic mass is 19.1. The quantitative estimate of drug-likeness (QED) is 0.854. The van der Waals surface area contributed by atoms with Crippen LogP contribution in [0.15, 0.2) is 54.9 Å². The third-order valence-corrected chi connectivity index (χ3v) is 2.51. The first-order valence-electron chi connectivity index (χ1n) is 5.85. The number of benzene rings is 1. The van der Waals surface area contributed by atoms with Crippen LogP contribution in [0.3, 0.4) is 0 Å². The fourth-order valence-corrected chi connectivity index (χ4v) is 1.53. The molecular formula is C15H13FN2O. The number of nitrogens with one attached hydrogen (secondary N) is 1. The Labute approximate surface area is 110 Å². The summed E-state index contributed by atoms with van der Waals surface area (Å²) in [6.07, 6.45) is 6.12. The van der Waals surface area contributed by atoms with Crippen molar-refractivity contribution in [1.29, 1.82) is 0 Å². The van der Waals surface area contributed by atoms with Crippen LogP contribution in [0.1, 0.15) is 11.1 Å². The molecule has 0 saturated carbocycles. The zero-order valence-electron chi connectivity index (χ0n) is 10.2. The molecule has 1 N–H and O–H groups in total. The molecule has 3 nitrogen and oxygen atoms in total. The summed E-state index contributed by atoms with van der Waals surface area (Å²) in [6, 6.07) is 9.96. The fraction of sp³-hybridized carbons (Fsp3) is 0.0667. The van der Waals surface area contributed by atoms with Gasteiger partial charge in [-0.05, 0) is 23.8 Å². The molecule has 0 fully saturated rings. The molecule has 0 aliphatic rings. The lowest BCUT2D eigenvalue weighted by molar-refractivity contribution is -0.116.